The van der Waals surface area contributed by atoms with Crippen LogP contribution >= 0.6 is 11.3 Å². The van der Waals surface area contributed by atoms with E-state index in [2.05, 4.69) is 9.72 Å². The van der Waals surface area contributed by atoms with E-state index in [1.165, 1.54) is 16.9 Å². The van der Waals surface area contributed by atoms with Crippen LogP contribution in [0.4, 0.5) is 0 Å². The summed E-state index contributed by atoms with van der Waals surface area (Å²) in [5, 5.41) is 9.67. The maximum atomic E-state index is 12.5. The molecule has 2 rings (SSSR count). The Morgan fingerprint density at radius 1 is 1.60 bits per heavy atom. The molecule has 112 valence electrons. The molecule has 2 unspecified atom stereocenters. The van der Waals surface area contributed by atoms with Crippen molar-refractivity contribution in [2.24, 2.45) is 5.92 Å². The summed E-state index contributed by atoms with van der Waals surface area (Å²) in [6.45, 7) is 2.24. The molecule has 0 bridgehead atoms. The molecule has 1 aromatic heterocycles. The second-order valence-corrected chi connectivity index (χ2v) is 7.66. The summed E-state index contributed by atoms with van der Waals surface area (Å²) >= 11 is 0.892. The van der Waals surface area contributed by atoms with Gasteiger partial charge in [-0.15, -0.1) is 11.3 Å². The molecule has 1 aliphatic heterocycles. The molecular formula is C11H16N2O5S2. The number of aromatic nitrogens is 1. The lowest BCUT2D eigenvalue weighted by molar-refractivity contribution is 0.0584. The molecule has 9 heteroatoms. The summed E-state index contributed by atoms with van der Waals surface area (Å²) < 4.78 is 30.8. The summed E-state index contributed by atoms with van der Waals surface area (Å²) in [5.41, 5.74) is 1.12. The number of carbonyl (C=O) groups excluding carboxylic acids is 1. The van der Waals surface area contributed by atoms with Gasteiger partial charge in [0.05, 0.1) is 18.7 Å². The lowest BCUT2D eigenvalue weighted by atomic mass is 9.99. The minimum absolute atomic E-state index is 0.104. The molecule has 7 nitrogen and oxygen atoms in total. The molecular weight excluding hydrogens is 304 g/mol. The fourth-order valence-electron chi connectivity index (χ4n) is 2.08. The third kappa shape index (κ3) is 2.71. The molecule has 1 aromatic rings. The Bertz CT molecular complexity index is 598. The van der Waals surface area contributed by atoms with E-state index in [4.69, 9.17) is 0 Å². The first-order chi connectivity index (χ1) is 9.37. The zero-order valence-electron chi connectivity index (χ0n) is 11.1. The molecule has 0 amide bonds. The van der Waals surface area contributed by atoms with Gasteiger partial charge in [-0.1, -0.05) is 6.92 Å². The first kappa shape index (κ1) is 15.4. The number of aliphatic hydroxyl groups excluding tert-OH is 1. The van der Waals surface area contributed by atoms with Crippen molar-refractivity contribution in [2.75, 3.05) is 20.2 Å². The molecule has 0 aliphatic carbocycles. The molecule has 2 atom stereocenters. The number of nitrogens with zero attached hydrogens (tertiary/aromatic N) is 2. The van der Waals surface area contributed by atoms with Crippen LogP contribution in [0.5, 0.6) is 0 Å². The van der Waals surface area contributed by atoms with Crippen LogP contribution in [0.15, 0.2) is 9.72 Å². The fourth-order valence-corrected chi connectivity index (χ4v) is 4.91. The number of hydrogen-bond donors (Lipinski definition) is 1. The van der Waals surface area contributed by atoms with Gasteiger partial charge in [-0.05, 0) is 12.3 Å². The van der Waals surface area contributed by atoms with Crippen LogP contribution in [-0.4, -0.2) is 55.1 Å². The van der Waals surface area contributed by atoms with E-state index in [1.807, 2.05) is 0 Å². The Kier molecular flexibility index (Phi) is 4.43. The molecule has 1 saturated heterocycles. The minimum Gasteiger partial charge on any atom is -0.464 e. The highest BCUT2D eigenvalue weighted by atomic mass is 32.2. The second kappa shape index (κ2) is 5.76. The van der Waals surface area contributed by atoms with E-state index in [9.17, 15) is 18.3 Å². The SMILES string of the molecule is COC(=O)c1ncsc1S(=O)(=O)N1CCC(O)C(C)C1. The second-order valence-electron chi connectivity index (χ2n) is 4.68. The van der Waals surface area contributed by atoms with Crippen LogP contribution in [0.3, 0.4) is 0 Å². The molecule has 1 fully saturated rings. The van der Waals surface area contributed by atoms with Crippen LogP contribution < -0.4 is 0 Å². The van der Waals surface area contributed by atoms with Gasteiger partial charge in [-0.3, -0.25) is 0 Å². The monoisotopic (exact) mass is 320 g/mol. The minimum atomic E-state index is -3.78. The van der Waals surface area contributed by atoms with Crippen LogP contribution in [0.2, 0.25) is 0 Å². The molecule has 20 heavy (non-hydrogen) atoms. The number of hydrogen-bond acceptors (Lipinski definition) is 7. The number of piperidine rings is 1. The normalized spacial score (nSPS) is 24.6. The third-order valence-corrected chi connectivity index (χ3v) is 6.52. The van der Waals surface area contributed by atoms with Crippen molar-refractivity contribution >= 4 is 27.3 Å². The van der Waals surface area contributed by atoms with Crippen molar-refractivity contribution in [2.45, 2.75) is 23.7 Å². The molecule has 1 N–H and O–H groups in total. The number of methoxy groups -OCH3 is 1. The van der Waals surface area contributed by atoms with Gasteiger partial charge in [0.25, 0.3) is 10.0 Å². The molecule has 0 radical (unpaired) electrons. The number of rotatable bonds is 3. The van der Waals surface area contributed by atoms with Gasteiger partial charge in [0.1, 0.15) is 0 Å². The van der Waals surface area contributed by atoms with E-state index in [-0.39, 0.29) is 28.9 Å². The highest BCUT2D eigenvalue weighted by Gasteiger charge is 2.36. The quantitative estimate of drug-likeness (QED) is 0.806. The first-order valence-corrected chi connectivity index (χ1v) is 8.40. The van der Waals surface area contributed by atoms with Crippen molar-refractivity contribution < 1.29 is 23.1 Å². The predicted octanol–water partition coefficient (Wildman–Crippen LogP) is 0.321. The van der Waals surface area contributed by atoms with Crippen molar-refractivity contribution in [1.29, 1.82) is 0 Å². The number of esters is 1. The van der Waals surface area contributed by atoms with Gasteiger partial charge in [-0.25, -0.2) is 18.2 Å². The van der Waals surface area contributed by atoms with E-state index in [0.29, 0.717) is 6.42 Å². The van der Waals surface area contributed by atoms with E-state index >= 15 is 0 Å². The summed E-state index contributed by atoms with van der Waals surface area (Å²) in [7, 11) is -2.61. The van der Waals surface area contributed by atoms with Crippen molar-refractivity contribution in [3.8, 4) is 0 Å². The Labute approximate surface area is 121 Å². The summed E-state index contributed by atoms with van der Waals surface area (Å²) in [6.07, 6.45) is -0.116. The standard InChI is InChI=1S/C11H16N2O5S2/c1-7-5-13(4-3-8(7)14)20(16,17)11-9(10(15)18-2)12-6-19-11/h6-8,14H,3-5H2,1-2H3. The Balaban J connectivity index is 2.32. The number of carbonyl (C=O) groups is 1. The summed E-state index contributed by atoms with van der Waals surface area (Å²) in [5.74, 6) is -0.914. The van der Waals surface area contributed by atoms with Gasteiger partial charge in [-0.2, -0.15) is 4.31 Å². The summed E-state index contributed by atoms with van der Waals surface area (Å²) in [6, 6.07) is 0. The maximum Gasteiger partial charge on any atom is 0.358 e. The van der Waals surface area contributed by atoms with E-state index in [1.54, 1.807) is 6.92 Å². The first-order valence-electron chi connectivity index (χ1n) is 6.08. The van der Waals surface area contributed by atoms with Crippen LogP contribution in [-0.2, 0) is 14.8 Å². The lowest BCUT2D eigenvalue weighted by Crippen LogP contribution is -2.44. The molecule has 0 aromatic carbocycles. The average Bonchev–Trinajstić information content (AvgIpc) is 2.90. The number of ether oxygens (including phenoxy) is 1. The predicted molar refractivity (Wildman–Crippen MR) is 72.0 cm³/mol. The van der Waals surface area contributed by atoms with Gasteiger partial charge in [0, 0.05) is 13.1 Å². The van der Waals surface area contributed by atoms with Gasteiger partial charge < -0.3 is 9.84 Å². The molecule has 2 heterocycles. The van der Waals surface area contributed by atoms with Crippen LogP contribution in [0, 0.1) is 5.92 Å². The largest absolute Gasteiger partial charge is 0.464 e. The smallest absolute Gasteiger partial charge is 0.358 e. The van der Waals surface area contributed by atoms with Crippen LogP contribution in [0.1, 0.15) is 23.8 Å². The van der Waals surface area contributed by atoms with E-state index < -0.39 is 22.1 Å². The van der Waals surface area contributed by atoms with Crippen molar-refractivity contribution in [3.05, 3.63) is 11.2 Å². The van der Waals surface area contributed by atoms with Crippen molar-refractivity contribution in [1.82, 2.24) is 9.29 Å². The third-order valence-electron chi connectivity index (χ3n) is 3.31. The molecule has 0 saturated carbocycles. The summed E-state index contributed by atoms with van der Waals surface area (Å²) in [4.78, 5) is 15.3. The molecule has 0 spiro atoms. The zero-order chi connectivity index (χ0) is 14.9. The number of thiazole rings is 1. The maximum absolute atomic E-state index is 12.5. The van der Waals surface area contributed by atoms with E-state index in [0.717, 1.165) is 11.3 Å². The zero-order valence-corrected chi connectivity index (χ0v) is 12.8. The number of sulfonamides is 1. The highest BCUT2D eigenvalue weighted by molar-refractivity contribution is 7.91. The Morgan fingerprint density at radius 2 is 2.30 bits per heavy atom. The van der Waals surface area contributed by atoms with Gasteiger partial charge in [0.2, 0.25) is 0 Å². The van der Waals surface area contributed by atoms with Crippen LogP contribution in [0.25, 0.3) is 0 Å². The van der Waals surface area contributed by atoms with Crippen molar-refractivity contribution in [3.63, 3.8) is 0 Å². The highest BCUT2D eigenvalue weighted by Crippen LogP contribution is 2.28. The Hall–Kier alpha value is -1.03. The van der Waals surface area contributed by atoms with Gasteiger partial charge in [0.15, 0.2) is 9.90 Å². The Morgan fingerprint density at radius 3 is 2.90 bits per heavy atom. The fraction of sp³-hybridized carbons (Fsp3) is 0.636. The lowest BCUT2D eigenvalue weighted by Gasteiger charge is -2.33. The van der Waals surface area contributed by atoms with Gasteiger partial charge >= 0.3 is 5.97 Å². The average molecular weight is 320 g/mol. The molecule has 1 aliphatic rings. The topological polar surface area (TPSA) is 96.8 Å². The number of aliphatic hydroxyl groups is 1.